The minimum Gasteiger partial charge on any atom is -0.166 e. The van der Waals surface area contributed by atoms with Gasteiger partial charge in [-0.05, 0) is 86.1 Å². The third-order valence-corrected chi connectivity index (χ3v) is 6.30. The lowest BCUT2D eigenvalue weighted by molar-refractivity contribution is -0.143. The molecule has 0 bridgehead atoms. The Kier molecular flexibility index (Phi) is 9.21. The summed E-state index contributed by atoms with van der Waals surface area (Å²) in [4.78, 5) is 0. The van der Waals surface area contributed by atoms with Gasteiger partial charge in [0, 0.05) is 0 Å². The van der Waals surface area contributed by atoms with Crippen molar-refractivity contribution in [2.24, 2.45) is 0 Å². The molecule has 0 radical (unpaired) electrons. The van der Waals surface area contributed by atoms with Crippen molar-refractivity contribution in [1.29, 1.82) is 0 Å². The van der Waals surface area contributed by atoms with Crippen LogP contribution in [0.3, 0.4) is 0 Å². The maximum Gasteiger partial charge on any atom is 0.416 e. The Balaban J connectivity index is 0.00000187. The molecule has 0 aromatic heterocycles. The van der Waals surface area contributed by atoms with Crippen molar-refractivity contribution >= 4 is 0 Å². The first-order valence-corrected chi connectivity index (χ1v) is 11.5. The van der Waals surface area contributed by atoms with E-state index in [4.69, 9.17) is 0 Å². The zero-order chi connectivity index (χ0) is 24.7. The molecule has 182 valence electrons. The van der Waals surface area contributed by atoms with Crippen LogP contribution < -0.4 is 0 Å². The molecule has 1 aliphatic rings. The second-order valence-corrected chi connectivity index (χ2v) is 8.52. The topological polar surface area (TPSA) is 0 Å². The molecule has 6 heteroatoms. The van der Waals surface area contributed by atoms with E-state index in [1.165, 1.54) is 11.1 Å². The predicted molar refractivity (Wildman–Crippen MR) is 121 cm³/mol. The number of alkyl halides is 6. The average molecular weight is 471 g/mol. The van der Waals surface area contributed by atoms with Crippen LogP contribution in [-0.2, 0) is 24.2 Å². The standard InChI is InChI=1S/C25H26F6.C2H6/c1-18-7-5-12-23(14-11-18,20-9-3-2-4-10-20)13-6-8-19-15-21(24(26,27)28)17-22(16-19)25(29,30)31;1-2/h2-4,9-10,15-17H,1,5-8,11-14H2;1-2H3. The van der Waals surface area contributed by atoms with Gasteiger partial charge in [-0.15, -0.1) is 0 Å². The highest BCUT2D eigenvalue weighted by Gasteiger charge is 2.37. The van der Waals surface area contributed by atoms with Gasteiger partial charge in [-0.1, -0.05) is 56.3 Å². The van der Waals surface area contributed by atoms with Crippen LogP contribution >= 0.6 is 0 Å². The van der Waals surface area contributed by atoms with Gasteiger partial charge in [0.05, 0.1) is 11.1 Å². The zero-order valence-corrected chi connectivity index (χ0v) is 19.3. The van der Waals surface area contributed by atoms with Gasteiger partial charge in [0.25, 0.3) is 0 Å². The third-order valence-electron chi connectivity index (χ3n) is 6.30. The van der Waals surface area contributed by atoms with E-state index in [9.17, 15) is 26.3 Å². The normalized spacial score (nSPS) is 19.5. The first kappa shape index (κ1) is 27.0. The summed E-state index contributed by atoms with van der Waals surface area (Å²) in [6, 6.07) is 11.9. The van der Waals surface area contributed by atoms with Crippen LogP contribution in [0, 0.1) is 0 Å². The average Bonchev–Trinajstić information content (AvgIpc) is 2.96. The van der Waals surface area contributed by atoms with Crippen molar-refractivity contribution in [2.45, 2.75) is 83.0 Å². The molecule has 2 aromatic rings. The predicted octanol–water partition coefficient (Wildman–Crippen LogP) is 9.53. The summed E-state index contributed by atoms with van der Waals surface area (Å²) in [6.45, 7) is 8.11. The number of aryl methyl sites for hydroxylation is 1. The Morgan fingerprint density at radius 1 is 0.818 bits per heavy atom. The second-order valence-electron chi connectivity index (χ2n) is 8.52. The molecule has 1 saturated carbocycles. The van der Waals surface area contributed by atoms with E-state index in [1.807, 2.05) is 32.0 Å². The van der Waals surface area contributed by atoms with Crippen LogP contribution in [0.15, 0.2) is 60.7 Å². The smallest absolute Gasteiger partial charge is 0.166 e. The first-order chi connectivity index (χ1) is 15.5. The van der Waals surface area contributed by atoms with E-state index in [0.29, 0.717) is 12.8 Å². The quantitative estimate of drug-likeness (QED) is 0.232. The Bertz CT molecular complexity index is 863. The van der Waals surface area contributed by atoms with Gasteiger partial charge in [-0.25, -0.2) is 0 Å². The lowest BCUT2D eigenvalue weighted by atomic mass is 9.70. The lowest BCUT2D eigenvalue weighted by Crippen LogP contribution is -2.25. The Labute approximate surface area is 192 Å². The highest BCUT2D eigenvalue weighted by atomic mass is 19.4. The first-order valence-electron chi connectivity index (χ1n) is 11.5. The van der Waals surface area contributed by atoms with Crippen LogP contribution in [0.25, 0.3) is 0 Å². The molecule has 0 nitrogen and oxygen atoms in total. The summed E-state index contributed by atoms with van der Waals surface area (Å²) in [6.07, 6.45) is -3.59. The number of rotatable bonds is 5. The molecule has 1 fully saturated rings. The molecule has 0 saturated heterocycles. The van der Waals surface area contributed by atoms with Gasteiger partial charge in [-0.3, -0.25) is 0 Å². The van der Waals surface area contributed by atoms with Gasteiger partial charge in [0.2, 0.25) is 0 Å². The maximum absolute atomic E-state index is 13.1. The summed E-state index contributed by atoms with van der Waals surface area (Å²) in [5.74, 6) is 0. The molecular formula is C27H32F6. The lowest BCUT2D eigenvalue weighted by Gasteiger charge is -2.34. The third kappa shape index (κ3) is 7.38. The number of hydrogen-bond acceptors (Lipinski definition) is 0. The van der Waals surface area contributed by atoms with Gasteiger partial charge >= 0.3 is 12.4 Å². The molecule has 2 aromatic carbocycles. The molecule has 0 N–H and O–H groups in total. The van der Waals surface area contributed by atoms with E-state index in [1.54, 1.807) is 0 Å². The minimum absolute atomic E-state index is 0.0726. The van der Waals surface area contributed by atoms with Crippen molar-refractivity contribution in [3.63, 3.8) is 0 Å². The number of allylic oxidation sites excluding steroid dienone is 1. The fourth-order valence-electron chi connectivity index (χ4n) is 4.61. The molecular weight excluding hydrogens is 438 g/mol. The molecule has 0 aliphatic heterocycles. The molecule has 1 aliphatic carbocycles. The Morgan fingerprint density at radius 2 is 1.39 bits per heavy atom. The van der Waals surface area contributed by atoms with E-state index in [-0.39, 0.29) is 23.5 Å². The van der Waals surface area contributed by atoms with Gasteiger partial charge < -0.3 is 0 Å². The van der Waals surface area contributed by atoms with Crippen molar-refractivity contribution in [3.05, 3.63) is 82.9 Å². The fraction of sp³-hybridized carbons (Fsp3) is 0.481. The molecule has 0 spiro atoms. The Morgan fingerprint density at radius 3 is 1.94 bits per heavy atom. The van der Waals surface area contributed by atoms with Gasteiger partial charge in [0.15, 0.2) is 0 Å². The monoisotopic (exact) mass is 470 g/mol. The number of benzene rings is 2. The van der Waals surface area contributed by atoms with Crippen LogP contribution in [0.5, 0.6) is 0 Å². The molecule has 0 heterocycles. The van der Waals surface area contributed by atoms with Crippen molar-refractivity contribution < 1.29 is 26.3 Å². The molecule has 1 atom stereocenters. The minimum atomic E-state index is -4.82. The van der Waals surface area contributed by atoms with Crippen LogP contribution in [-0.4, -0.2) is 0 Å². The van der Waals surface area contributed by atoms with E-state index < -0.39 is 23.5 Å². The summed E-state index contributed by atoms with van der Waals surface area (Å²) < 4.78 is 78.8. The van der Waals surface area contributed by atoms with Crippen LogP contribution in [0.1, 0.15) is 81.0 Å². The highest BCUT2D eigenvalue weighted by molar-refractivity contribution is 5.34. The highest BCUT2D eigenvalue weighted by Crippen LogP contribution is 2.43. The van der Waals surface area contributed by atoms with E-state index in [2.05, 4.69) is 18.7 Å². The largest absolute Gasteiger partial charge is 0.416 e. The fourth-order valence-corrected chi connectivity index (χ4v) is 4.61. The summed E-state index contributed by atoms with van der Waals surface area (Å²) >= 11 is 0. The SMILES string of the molecule is C=C1CCCC(CCCc2cc(C(F)(F)F)cc(C(F)(F)F)c2)(c2ccccc2)CC1.CC. The van der Waals surface area contributed by atoms with Gasteiger partial charge in [-0.2, -0.15) is 26.3 Å². The van der Waals surface area contributed by atoms with Crippen molar-refractivity contribution in [2.75, 3.05) is 0 Å². The van der Waals surface area contributed by atoms with E-state index >= 15 is 0 Å². The molecule has 3 rings (SSSR count). The van der Waals surface area contributed by atoms with Gasteiger partial charge in [0.1, 0.15) is 0 Å². The second kappa shape index (κ2) is 11.3. The summed E-state index contributed by atoms with van der Waals surface area (Å²) in [5, 5.41) is 0. The zero-order valence-electron chi connectivity index (χ0n) is 19.3. The molecule has 1 unspecified atom stereocenters. The molecule has 0 amide bonds. The van der Waals surface area contributed by atoms with Crippen LogP contribution in [0.2, 0.25) is 0 Å². The number of halogens is 6. The molecule has 33 heavy (non-hydrogen) atoms. The van der Waals surface area contributed by atoms with Crippen molar-refractivity contribution in [1.82, 2.24) is 0 Å². The summed E-state index contributed by atoms with van der Waals surface area (Å²) in [7, 11) is 0. The Hall–Kier alpha value is -2.24. The maximum atomic E-state index is 13.1. The van der Waals surface area contributed by atoms with E-state index in [0.717, 1.165) is 44.2 Å². The van der Waals surface area contributed by atoms with Crippen LogP contribution in [0.4, 0.5) is 26.3 Å². The number of hydrogen-bond donors (Lipinski definition) is 0. The summed E-state index contributed by atoms with van der Waals surface area (Å²) in [5.41, 5.74) is -0.171. The van der Waals surface area contributed by atoms with Crippen molar-refractivity contribution in [3.8, 4) is 0 Å².